The van der Waals surface area contributed by atoms with Gasteiger partial charge in [0.2, 0.25) is 0 Å². The van der Waals surface area contributed by atoms with Crippen LogP contribution in [0.1, 0.15) is 5.56 Å². The van der Waals surface area contributed by atoms with Crippen molar-refractivity contribution in [1.82, 2.24) is 4.90 Å². The molecule has 1 N–H and O–H groups in total. The molecule has 1 aliphatic rings. The smallest absolute Gasteiger partial charge is 0.322 e. The number of amides is 2. The summed E-state index contributed by atoms with van der Waals surface area (Å²) in [6.07, 6.45) is -4.47. The number of alkyl halides is 3. The Hall–Kier alpha value is -2.62. The van der Waals surface area contributed by atoms with Gasteiger partial charge >= 0.3 is 12.2 Å². The zero-order chi connectivity index (χ0) is 19.8. The monoisotopic (exact) mass is 402 g/mol. The largest absolute Gasteiger partial charge is 0.416 e. The molecule has 0 spiro atoms. The second-order valence-corrected chi connectivity index (χ2v) is 8.26. The molecule has 144 valence electrons. The molecule has 0 bridgehead atoms. The Morgan fingerprint density at radius 3 is 2.07 bits per heavy atom. The predicted molar refractivity (Wildman–Crippen MR) is 89.4 cm³/mol. The number of urea groups is 1. The quantitative estimate of drug-likeness (QED) is 0.631. The molecule has 0 aromatic heterocycles. The van der Waals surface area contributed by atoms with Crippen molar-refractivity contribution in [3.63, 3.8) is 0 Å². The van der Waals surface area contributed by atoms with Crippen LogP contribution in [0.25, 0.3) is 0 Å². The second-order valence-electron chi connectivity index (χ2n) is 6.03. The summed E-state index contributed by atoms with van der Waals surface area (Å²) >= 11 is 0. The SMILES string of the molecule is O=C(Nc1ccc(C(F)(F)F)cc1)N1CC(S(=O)(=O)c2ccc(F)cc2)C1. The highest BCUT2D eigenvalue weighted by Gasteiger charge is 2.40. The lowest BCUT2D eigenvalue weighted by Gasteiger charge is -2.38. The molecule has 0 unspecified atom stereocenters. The number of nitrogens with one attached hydrogen (secondary N) is 1. The van der Waals surface area contributed by atoms with Crippen LogP contribution in [0.5, 0.6) is 0 Å². The molecule has 1 heterocycles. The van der Waals surface area contributed by atoms with Crippen LogP contribution in [-0.4, -0.2) is 37.7 Å². The van der Waals surface area contributed by atoms with E-state index in [1.54, 1.807) is 0 Å². The summed E-state index contributed by atoms with van der Waals surface area (Å²) in [7, 11) is -3.69. The van der Waals surface area contributed by atoms with Gasteiger partial charge < -0.3 is 10.2 Å². The van der Waals surface area contributed by atoms with Crippen molar-refractivity contribution in [3.8, 4) is 0 Å². The fraction of sp³-hybridized carbons (Fsp3) is 0.235. The number of carbonyl (C=O) groups excluding carboxylic acids is 1. The van der Waals surface area contributed by atoms with Gasteiger partial charge in [0.15, 0.2) is 9.84 Å². The summed E-state index contributed by atoms with van der Waals surface area (Å²) in [6, 6.07) is 7.72. The van der Waals surface area contributed by atoms with Crippen molar-refractivity contribution < 1.29 is 30.8 Å². The highest BCUT2D eigenvalue weighted by atomic mass is 32.2. The first kappa shape index (κ1) is 19.2. The third kappa shape index (κ3) is 4.05. The zero-order valence-electron chi connectivity index (χ0n) is 13.7. The highest BCUT2D eigenvalue weighted by molar-refractivity contribution is 7.92. The van der Waals surface area contributed by atoms with E-state index in [-0.39, 0.29) is 23.7 Å². The van der Waals surface area contributed by atoms with Crippen molar-refractivity contribution in [1.29, 1.82) is 0 Å². The van der Waals surface area contributed by atoms with Crippen molar-refractivity contribution in [2.24, 2.45) is 0 Å². The topological polar surface area (TPSA) is 66.5 Å². The fourth-order valence-electron chi connectivity index (χ4n) is 2.56. The molecular formula is C17H14F4N2O3S. The van der Waals surface area contributed by atoms with Crippen molar-refractivity contribution in [2.45, 2.75) is 16.3 Å². The van der Waals surface area contributed by atoms with Gasteiger partial charge in [-0.3, -0.25) is 0 Å². The van der Waals surface area contributed by atoms with Gasteiger partial charge in [-0.2, -0.15) is 13.2 Å². The third-order valence-corrected chi connectivity index (χ3v) is 6.28. The average molecular weight is 402 g/mol. The number of hydrogen-bond acceptors (Lipinski definition) is 3. The minimum Gasteiger partial charge on any atom is -0.322 e. The van der Waals surface area contributed by atoms with E-state index in [4.69, 9.17) is 0 Å². The highest BCUT2D eigenvalue weighted by Crippen LogP contribution is 2.30. The van der Waals surface area contributed by atoms with E-state index < -0.39 is 38.7 Å². The first-order valence-electron chi connectivity index (χ1n) is 7.80. The number of carbonyl (C=O) groups is 1. The number of sulfone groups is 1. The van der Waals surface area contributed by atoms with Crippen LogP contribution >= 0.6 is 0 Å². The number of likely N-dealkylation sites (tertiary alicyclic amines) is 1. The molecule has 2 aromatic carbocycles. The minimum absolute atomic E-state index is 0.0308. The van der Waals surface area contributed by atoms with Gasteiger partial charge in [-0.1, -0.05) is 0 Å². The Balaban J connectivity index is 1.59. The summed E-state index contributed by atoms with van der Waals surface area (Å²) < 4.78 is 75.3. The molecule has 2 aromatic rings. The van der Waals surface area contributed by atoms with Crippen LogP contribution in [0.3, 0.4) is 0 Å². The number of nitrogens with zero attached hydrogens (tertiary/aromatic N) is 1. The molecule has 0 atom stereocenters. The van der Waals surface area contributed by atoms with E-state index in [0.717, 1.165) is 48.5 Å². The third-order valence-electron chi connectivity index (χ3n) is 4.18. The standard InChI is InChI=1S/C17H14F4N2O3S/c18-12-3-7-14(8-4-12)27(25,26)15-9-23(10-15)16(24)22-13-5-1-11(2-6-13)17(19,20)21/h1-8,15H,9-10H2,(H,22,24). The lowest BCUT2D eigenvalue weighted by atomic mass is 10.2. The van der Waals surface area contributed by atoms with Crippen molar-refractivity contribution in [3.05, 3.63) is 59.9 Å². The Labute approximate surface area is 152 Å². The van der Waals surface area contributed by atoms with E-state index >= 15 is 0 Å². The molecule has 0 radical (unpaired) electrons. The average Bonchev–Trinajstić information content (AvgIpc) is 2.53. The summed E-state index contributed by atoms with van der Waals surface area (Å²) in [6.45, 7) is -0.127. The van der Waals surface area contributed by atoms with Crippen LogP contribution in [0.15, 0.2) is 53.4 Å². The second kappa shape index (κ2) is 6.84. The fourth-order valence-corrected chi connectivity index (χ4v) is 4.21. The first-order valence-corrected chi connectivity index (χ1v) is 9.34. The summed E-state index contributed by atoms with van der Waals surface area (Å²) in [5.41, 5.74) is -0.673. The lowest BCUT2D eigenvalue weighted by Crippen LogP contribution is -2.58. The lowest BCUT2D eigenvalue weighted by molar-refractivity contribution is -0.137. The molecule has 0 saturated carbocycles. The van der Waals surface area contributed by atoms with Gasteiger partial charge in [0.25, 0.3) is 0 Å². The van der Waals surface area contributed by atoms with Crippen molar-refractivity contribution >= 4 is 21.6 Å². The van der Waals surface area contributed by atoms with Gasteiger partial charge in [-0.15, -0.1) is 0 Å². The molecule has 1 fully saturated rings. The first-order chi connectivity index (χ1) is 12.6. The number of halogens is 4. The maximum Gasteiger partial charge on any atom is 0.416 e. The van der Waals surface area contributed by atoms with Gasteiger partial charge in [0.05, 0.1) is 10.5 Å². The van der Waals surface area contributed by atoms with E-state index in [2.05, 4.69) is 5.32 Å². The maximum absolute atomic E-state index is 12.9. The minimum atomic E-state index is -4.47. The molecule has 0 aliphatic carbocycles. The van der Waals surface area contributed by atoms with Crippen LogP contribution in [0, 0.1) is 5.82 Å². The summed E-state index contributed by atoms with van der Waals surface area (Å²) in [4.78, 5) is 13.3. The van der Waals surface area contributed by atoms with Gasteiger partial charge in [-0.25, -0.2) is 17.6 Å². The Morgan fingerprint density at radius 2 is 1.56 bits per heavy atom. The van der Waals surface area contributed by atoms with E-state index in [1.807, 2.05) is 0 Å². The van der Waals surface area contributed by atoms with Crippen LogP contribution < -0.4 is 5.32 Å². The molecular weight excluding hydrogens is 388 g/mol. The Kier molecular flexibility index (Phi) is 4.85. The van der Waals surface area contributed by atoms with E-state index in [9.17, 15) is 30.8 Å². The molecule has 3 rings (SSSR count). The van der Waals surface area contributed by atoms with Gasteiger partial charge in [0.1, 0.15) is 11.1 Å². The van der Waals surface area contributed by atoms with Crippen LogP contribution in [-0.2, 0) is 16.0 Å². The molecule has 27 heavy (non-hydrogen) atoms. The molecule has 10 heteroatoms. The molecule has 5 nitrogen and oxygen atoms in total. The summed E-state index contributed by atoms with van der Waals surface area (Å²) in [5.74, 6) is -0.555. The van der Waals surface area contributed by atoms with Gasteiger partial charge in [-0.05, 0) is 48.5 Å². The van der Waals surface area contributed by atoms with Gasteiger partial charge in [0, 0.05) is 18.8 Å². The Morgan fingerprint density at radius 1 is 1.00 bits per heavy atom. The predicted octanol–water partition coefficient (Wildman–Crippen LogP) is 3.53. The zero-order valence-corrected chi connectivity index (χ0v) is 14.5. The van der Waals surface area contributed by atoms with Crippen LogP contribution in [0.2, 0.25) is 0 Å². The molecule has 2 amide bonds. The summed E-state index contributed by atoms with van der Waals surface area (Å²) in [5, 5.41) is 1.60. The number of hydrogen-bond donors (Lipinski definition) is 1. The number of rotatable bonds is 3. The van der Waals surface area contributed by atoms with Crippen molar-refractivity contribution in [2.75, 3.05) is 18.4 Å². The number of anilines is 1. The normalized spacial score (nSPS) is 15.3. The van der Waals surface area contributed by atoms with E-state index in [1.165, 1.54) is 4.90 Å². The number of benzene rings is 2. The molecule has 1 aliphatic heterocycles. The Bertz CT molecular complexity index is 936. The maximum atomic E-state index is 12.9. The molecule has 1 saturated heterocycles. The van der Waals surface area contributed by atoms with E-state index in [0.29, 0.717) is 0 Å². The van der Waals surface area contributed by atoms with Crippen LogP contribution in [0.4, 0.5) is 28.0 Å².